The maximum atomic E-state index is 12.4. The summed E-state index contributed by atoms with van der Waals surface area (Å²) < 4.78 is 1.74. The van der Waals surface area contributed by atoms with E-state index in [1.807, 2.05) is 23.6 Å². The number of benzene rings is 1. The van der Waals surface area contributed by atoms with Gasteiger partial charge in [-0.15, -0.1) is 16.4 Å². The molecule has 1 aromatic carbocycles. The zero-order valence-electron chi connectivity index (χ0n) is 14.2. The number of rotatable bonds is 6. The Balaban J connectivity index is 1.35. The van der Waals surface area contributed by atoms with Gasteiger partial charge in [-0.1, -0.05) is 42.1 Å². The number of tetrazole rings is 1. The van der Waals surface area contributed by atoms with Gasteiger partial charge in [0.1, 0.15) is 0 Å². The van der Waals surface area contributed by atoms with E-state index in [9.17, 15) is 4.79 Å². The Hall–Kier alpha value is -2.19. The number of thiophene rings is 1. The number of hydrogen-bond acceptors (Lipinski definition) is 6. The number of thioether (sulfide) groups is 1. The summed E-state index contributed by atoms with van der Waals surface area (Å²) in [6.07, 6.45) is 3.19. The van der Waals surface area contributed by atoms with Crippen molar-refractivity contribution in [3.05, 3.63) is 57.8 Å². The van der Waals surface area contributed by atoms with E-state index in [2.05, 4.69) is 39.0 Å². The van der Waals surface area contributed by atoms with Gasteiger partial charge in [0.05, 0.1) is 18.3 Å². The van der Waals surface area contributed by atoms with Gasteiger partial charge in [-0.3, -0.25) is 4.79 Å². The first-order valence-electron chi connectivity index (χ1n) is 8.58. The van der Waals surface area contributed by atoms with Crippen molar-refractivity contribution >= 4 is 29.0 Å². The first-order valence-corrected chi connectivity index (χ1v) is 10.4. The number of carbonyl (C=O) groups is 1. The highest BCUT2D eigenvalue weighted by Gasteiger charge is 2.21. The number of nitrogens with zero attached hydrogens (tertiary/aromatic N) is 4. The van der Waals surface area contributed by atoms with Crippen molar-refractivity contribution in [2.24, 2.45) is 0 Å². The lowest BCUT2D eigenvalue weighted by atomic mass is 9.88. The van der Waals surface area contributed by atoms with Crippen LogP contribution >= 0.6 is 23.1 Å². The molecule has 6 nitrogen and oxygen atoms in total. The molecule has 2 aromatic heterocycles. The van der Waals surface area contributed by atoms with Crippen LogP contribution in [0.1, 0.15) is 34.9 Å². The molecule has 1 N–H and O–H groups in total. The number of carbonyl (C=O) groups excluding carboxylic acids is 1. The van der Waals surface area contributed by atoms with Gasteiger partial charge in [-0.05, 0) is 52.3 Å². The molecule has 0 saturated carbocycles. The quantitative estimate of drug-likeness (QED) is 0.660. The molecule has 0 spiro atoms. The fraction of sp³-hybridized carbons (Fsp3) is 0.333. The van der Waals surface area contributed by atoms with Crippen molar-refractivity contribution in [1.82, 2.24) is 25.5 Å². The van der Waals surface area contributed by atoms with Crippen LogP contribution in [0.15, 0.2) is 46.9 Å². The molecule has 2 heterocycles. The normalized spacial score (nSPS) is 16.2. The maximum Gasteiger partial charge on any atom is 0.230 e. The zero-order chi connectivity index (χ0) is 17.8. The van der Waals surface area contributed by atoms with Crippen LogP contribution in [0.25, 0.3) is 0 Å². The molecular weight excluding hydrogens is 366 g/mol. The number of aryl methyl sites for hydroxylation is 1. The standard InChI is InChI=1S/C18H19N5OS2/c24-17(19-16-9-3-6-13-5-1-2-8-15(13)16)12-26-18-20-21-22-23(18)11-14-7-4-10-25-14/h1-2,4-5,7-8,10,16H,3,6,9,11-12H2,(H,19,24). The van der Waals surface area contributed by atoms with Crippen LogP contribution in [-0.4, -0.2) is 31.9 Å². The third kappa shape index (κ3) is 3.96. The molecule has 134 valence electrons. The van der Waals surface area contributed by atoms with Gasteiger partial charge in [0.2, 0.25) is 11.1 Å². The molecule has 0 bridgehead atoms. The summed E-state index contributed by atoms with van der Waals surface area (Å²) in [6, 6.07) is 12.5. The fourth-order valence-electron chi connectivity index (χ4n) is 3.22. The molecule has 1 amide bonds. The molecule has 0 aliphatic heterocycles. The second-order valence-electron chi connectivity index (χ2n) is 6.20. The molecule has 4 rings (SSSR count). The van der Waals surface area contributed by atoms with E-state index in [0.717, 1.165) is 19.3 Å². The van der Waals surface area contributed by atoms with E-state index in [1.54, 1.807) is 16.0 Å². The molecule has 1 unspecified atom stereocenters. The van der Waals surface area contributed by atoms with Crippen LogP contribution < -0.4 is 5.32 Å². The topological polar surface area (TPSA) is 72.7 Å². The van der Waals surface area contributed by atoms with E-state index in [1.165, 1.54) is 27.8 Å². The minimum atomic E-state index is 0.0161. The van der Waals surface area contributed by atoms with Crippen LogP contribution in [0.4, 0.5) is 0 Å². The third-order valence-corrected chi connectivity index (χ3v) is 6.24. The Kier molecular flexibility index (Phi) is 5.31. The Labute approximate surface area is 160 Å². The van der Waals surface area contributed by atoms with E-state index in [4.69, 9.17) is 0 Å². The van der Waals surface area contributed by atoms with Crippen molar-refractivity contribution in [2.75, 3.05) is 5.75 Å². The average molecular weight is 386 g/mol. The average Bonchev–Trinajstić information content (AvgIpc) is 3.33. The molecule has 0 radical (unpaired) electrons. The number of fused-ring (bicyclic) bond motifs is 1. The van der Waals surface area contributed by atoms with Gasteiger partial charge in [0.15, 0.2) is 0 Å². The number of hydrogen-bond donors (Lipinski definition) is 1. The fourth-order valence-corrected chi connectivity index (χ4v) is 4.59. The lowest BCUT2D eigenvalue weighted by molar-refractivity contribution is -0.119. The number of amides is 1. The molecule has 1 aliphatic rings. The summed E-state index contributed by atoms with van der Waals surface area (Å²) in [5, 5.41) is 17.7. The maximum absolute atomic E-state index is 12.4. The Bertz CT molecular complexity index is 877. The second kappa shape index (κ2) is 8.01. The Morgan fingerprint density at radius 2 is 2.23 bits per heavy atom. The lowest BCUT2D eigenvalue weighted by Crippen LogP contribution is -2.32. The van der Waals surface area contributed by atoms with Crippen LogP contribution in [0.2, 0.25) is 0 Å². The van der Waals surface area contributed by atoms with Gasteiger partial charge in [0.25, 0.3) is 0 Å². The monoisotopic (exact) mass is 385 g/mol. The second-order valence-corrected chi connectivity index (χ2v) is 8.17. The molecule has 1 aliphatic carbocycles. The molecule has 1 atom stereocenters. The van der Waals surface area contributed by atoms with E-state index in [0.29, 0.717) is 17.5 Å². The summed E-state index contributed by atoms with van der Waals surface area (Å²) in [6.45, 7) is 0.630. The molecule has 0 fully saturated rings. The SMILES string of the molecule is O=C(CSc1nnnn1Cc1cccs1)NC1CCCc2ccccc21. The van der Waals surface area contributed by atoms with Gasteiger partial charge in [-0.2, -0.15) is 0 Å². The van der Waals surface area contributed by atoms with Crippen LogP contribution in [-0.2, 0) is 17.8 Å². The van der Waals surface area contributed by atoms with Crippen molar-refractivity contribution in [3.8, 4) is 0 Å². The molecule has 8 heteroatoms. The first kappa shape index (κ1) is 17.2. The highest BCUT2D eigenvalue weighted by molar-refractivity contribution is 7.99. The zero-order valence-corrected chi connectivity index (χ0v) is 15.8. The van der Waals surface area contributed by atoms with E-state index in [-0.39, 0.29) is 11.9 Å². The van der Waals surface area contributed by atoms with Crippen molar-refractivity contribution in [1.29, 1.82) is 0 Å². The smallest absolute Gasteiger partial charge is 0.230 e. The van der Waals surface area contributed by atoms with E-state index >= 15 is 0 Å². The van der Waals surface area contributed by atoms with Crippen LogP contribution in [0.3, 0.4) is 0 Å². The predicted octanol–water partition coefficient (Wildman–Crippen LogP) is 3.07. The Morgan fingerprint density at radius 1 is 1.31 bits per heavy atom. The van der Waals surface area contributed by atoms with Gasteiger partial charge in [-0.25, -0.2) is 4.68 Å². The van der Waals surface area contributed by atoms with Crippen molar-refractivity contribution < 1.29 is 4.79 Å². The summed E-state index contributed by atoms with van der Waals surface area (Å²) in [4.78, 5) is 13.6. The highest BCUT2D eigenvalue weighted by atomic mass is 32.2. The van der Waals surface area contributed by atoms with Crippen LogP contribution in [0, 0.1) is 0 Å². The van der Waals surface area contributed by atoms with Crippen molar-refractivity contribution in [2.45, 2.75) is 37.0 Å². The summed E-state index contributed by atoms with van der Waals surface area (Å²) in [5.41, 5.74) is 2.59. The van der Waals surface area contributed by atoms with E-state index < -0.39 is 0 Å². The Morgan fingerprint density at radius 3 is 3.12 bits per heavy atom. The van der Waals surface area contributed by atoms with Gasteiger partial charge >= 0.3 is 0 Å². The molecular formula is C18H19N5OS2. The number of aromatic nitrogens is 4. The molecule has 3 aromatic rings. The third-order valence-electron chi connectivity index (χ3n) is 4.42. The molecule has 26 heavy (non-hydrogen) atoms. The summed E-state index contributed by atoms with van der Waals surface area (Å²) in [5.74, 6) is 0.325. The summed E-state index contributed by atoms with van der Waals surface area (Å²) >= 11 is 3.04. The minimum Gasteiger partial charge on any atom is -0.349 e. The van der Waals surface area contributed by atoms with Gasteiger partial charge in [0, 0.05) is 4.88 Å². The predicted molar refractivity (Wildman–Crippen MR) is 102 cm³/mol. The highest BCUT2D eigenvalue weighted by Crippen LogP contribution is 2.29. The number of nitrogens with one attached hydrogen (secondary N) is 1. The lowest BCUT2D eigenvalue weighted by Gasteiger charge is -2.26. The minimum absolute atomic E-state index is 0.0161. The van der Waals surface area contributed by atoms with Gasteiger partial charge < -0.3 is 5.32 Å². The molecule has 0 saturated heterocycles. The summed E-state index contributed by atoms with van der Waals surface area (Å²) in [7, 11) is 0. The van der Waals surface area contributed by atoms with Crippen LogP contribution in [0.5, 0.6) is 0 Å². The largest absolute Gasteiger partial charge is 0.349 e. The van der Waals surface area contributed by atoms with Crippen molar-refractivity contribution in [3.63, 3.8) is 0 Å². The first-order chi connectivity index (χ1) is 12.8.